The summed E-state index contributed by atoms with van der Waals surface area (Å²) in [6.45, 7) is 0. The van der Waals surface area contributed by atoms with Crippen LogP contribution in [-0.4, -0.2) is 7.11 Å². The monoisotopic (exact) mass is 564 g/mol. The van der Waals surface area contributed by atoms with Gasteiger partial charge in [-0.1, -0.05) is 106 Å². The van der Waals surface area contributed by atoms with Crippen LogP contribution in [0.5, 0.6) is 5.75 Å². The molecule has 0 aliphatic heterocycles. The molecule has 4 heteroatoms. The molecule has 0 aliphatic rings. The standard InChI is InChI=1S/C33H22BrClO2/c1-36-32-17-14-25(19-30(32)35)23-11-8-21(9-12-23)6-7-22-10-15-27(29(34)18-22)33-20-28-26-5-3-2-4-24(26)13-16-31(28)37-33/h2-20H,1H3. The Morgan fingerprint density at radius 1 is 0.730 bits per heavy atom. The highest BCUT2D eigenvalue weighted by Crippen LogP contribution is 2.36. The van der Waals surface area contributed by atoms with E-state index in [0.717, 1.165) is 49.0 Å². The van der Waals surface area contributed by atoms with Crippen molar-refractivity contribution in [1.29, 1.82) is 0 Å². The lowest BCUT2D eigenvalue weighted by molar-refractivity contribution is 0.415. The Balaban J connectivity index is 1.23. The molecule has 2 nitrogen and oxygen atoms in total. The number of furan rings is 1. The number of ether oxygens (including phenoxy) is 1. The van der Waals surface area contributed by atoms with Gasteiger partial charge in [-0.05, 0) is 69.4 Å². The summed E-state index contributed by atoms with van der Waals surface area (Å²) in [6, 6.07) is 35.2. The number of benzene rings is 5. The molecular formula is C33H22BrClO2. The molecule has 0 radical (unpaired) electrons. The van der Waals surface area contributed by atoms with Gasteiger partial charge in [0.1, 0.15) is 17.1 Å². The fraction of sp³-hybridized carbons (Fsp3) is 0.0303. The van der Waals surface area contributed by atoms with Crippen LogP contribution in [0.15, 0.2) is 112 Å². The predicted octanol–water partition coefficient (Wildman–Crippen LogP) is 10.5. The molecule has 0 unspecified atom stereocenters. The van der Waals surface area contributed by atoms with Gasteiger partial charge in [-0.2, -0.15) is 0 Å². The Bertz CT molecular complexity index is 1780. The summed E-state index contributed by atoms with van der Waals surface area (Å²) in [5, 5.41) is 4.15. The van der Waals surface area contributed by atoms with E-state index in [-0.39, 0.29) is 0 Å². The van der Waals surface area contributed by atoms with Gasteiger partial charge in [0.25, 0.3) is 0 Å². The fourth-order valence-corrected chi connectivity index (χ4v) is 5.43. The van der Waals surface area contributed by atoms with Crippen LogP contribution >= 0.6 is 27.5 Å². The molecule has 0 saturated heterocycles. The second kappa shape index (κ2) is 9.93. The molecule has 1 aromatic heterocycles. The van der Waals surface area contributed by atoms with Crippen molar-refractivity contribution in [1.82, 2.24) is 0 Å². The first-order valence-corrected chi connectivity index (χ1v) is 13.1. The Labute approximate surface area is 228 Å². The quantitative estimate of drug-likeness (QED) is 0.194. The summed E-state index contributed by atoms with van der Waals surface area (Å²) in [4.78, 5) is 0. The Kier molecular flexibility index (Phi) is 6.33. The van der Waals surface area contributed by atoms with Crippen molar-refractivity contribution in [2.75, 3.05) is 7.11 Å². The van der Waals surface area contributed by atoms with Crippen LogP contribution in [0.1, 0.15) is 11.1 Å². The maximum atomic E-state index is 6.29. The van der Waals surface area contributed by atoms with E-state index in [2.05, 4.69) is 107 Å². The lowest BCUT2D eigenvalue weighted by Crippen LogP contribution is -1.85. The summed E-state index contributed by atoms with van der Waals surface area (Å²) < 4.78 is 12.5. The van der Waals surface area contributed by atoms with Gasteiger partial charge in [-0.3, -0.25) is 0 Å². The number of methoxy groups -OCH3 is 1. The van der Waals surface area contributed by atoms with E-state index in [4.69, 9.17) is 20.8 Å². The van der Waals surface area contributed by atoms with Crippen molar-refractivity contribution in [2.24, 2.45) is 0 Å². The summed E-state index contributed by atoms with van der Waals surface area (Å²) in [6.07, 6.45) is 4.22. The van der Waals surface area contributed by atoms with Crippen molar-refractivity contribution < 1.29 is 9.15 Å². The molecule has 0 N–H and O–H groups in total. The van der Waals surface area contributed by atoms with Gasteiger partial charge in [0.15, 0.2) is 0 Å². The summed E-state index contributed by atoms with van der Waals surface area (Å²) in [5.74, 6) is 1.53. The third kappa shape index (κ3) is 4.69. The third-order valence-corrected chi connectivity index (χ3v) is 7.50. The number of halogens is 2. The minimum absolute atomic E-state index is 0.606. The molecule has 37 heavy (non-hydrogen) atoms. The van der Waals surface area contributed by atoms with Gasteiger partial charge < -0.3 is 9.15 Å². The van der Waals surface area contributed by atoms with Crippen LogP contribution in [-0.2, 0) is 0 Å². The highest BCUT2D eigenvalue weighted by molar-refractivity contribution is 9.10. The van der Waals surface area contributed by atoms with E-state index < -0.39 is 0 Å². The van der Waals surface area contributed by atoms with Crippen molar-refractivity contribution in [3.63, 3.8) is 0 Å². The molecule has 0 aliphatic carbocycles. The molecule has 1 heterocycles. The molecule has 0 amide bonds. The molecule has 5 aromatic carbocycles. The molecule has 0 spiro atoms. The highest BCUT2D eigenvalue weighted by Gasteiger charge is 2.12. The first-order valence-electron chi connectivity index (χ1n) is 11.9. The molecule has 0 atom stereocenters. The molecule has 6 rings (SSSR count). The zero-order chi connectivity index (χ0) is 25.4. The Morgan fingerprint density at radius 2 is 1.49 bits per heavy atom. The average Bonchev–Trinajstić information content (AvgIpc) is 3.37. The Hall–Kier alpha value is -3.79. The van der Waals surface area contributed by atoms with E-state index in [9.17, 15) is 0 Å². The van der Waals surface area contributed by atoms with Crippen LogP contribution in [0.25, 0.3) is 56.3 Å². The fourth-order valence-electron chi connectivity index (χ4n) is 4.59. The number of hydrogen-bond acceptors (Lipinski definition) is 2. The van der Waals surface area contributed by atoms with Crippen molar-refractivity contribution in [3.8, 4) is 28.2 Å². The van der Waals surface area contributed by atoms with Gasteiger partial charge in [0.2, 0.25) is 0 Å². The summed E-state index contributed by atoms with van der Waals surface area (Å²) in [7, 11) is 1.62. The molecule has 180 valence electrons. The zero-order valence-electron chi connectivity index (χ0n) is 20.0. The van der Waals surface area contributed by atoms with Gasteiger partial charge in [-0.25, -0.2) is 0 Å². The van der Waals surface area contributed by atoms with Crippen molar-refractivity contribution >= 4 is 61.4 Å². The van der Waals surface area contributed by atoms with Crippen LogP contribution in [0.3, 0.4) is 0 Å². The molecule has 0 saturated carbocycles. The van der Waals surface area contributed by atoms with E-state index in [1.165, 1.54) is 10.8 Å². The number of fused-ring (bicyclic) bond motifs is 3. The Morgan fingerprint density at radius 3 is 2.27 bits per heavy atom. The maximum Gasteiger partial charge on any atom is 0.137 e. The maximum absolute atomic E-state index is 6.29. The van der Waals surface area contributed by atoms with Crippen LogP contribution < -0.4 is 4.74 Å². The third-order valence-electron chi connectivity index (χ3n) is 6.55. The van der Waals surface area contributed by atoms with Gasteiger partial charge in [-0.15, -0.1) is 0 Å². The topological polar surface area (TPSA) is 22.4 Å². The van der Waals surface area contributed by atoms with Gasteiger partial charge in [0, 0.05) is 15.4 Å². The number of hydrogen-bond donors (Lipinski definition) is 0. The summed E-state index contributed by atoms with van der Waals surface area (Å²) in [5.41, 5.74) is 6.30. The second-order valence-electron chi connectivity index (χ2n) is 8.85. The van der Waals surface area contributed by atoms with E-state index in [1.54, 1.807) is 7.11 Å². The average molecular weight is 566 g/mol. The lowest BCUT2D eigenvalue weighted by Gasteiger charge is -2.07. The van der Waals surface area contributed by atoms with Gasteiger partial charge in [0.05, 0.1) is 12.1 Å². The van der Waals surface area contributed by atoms with Crippen molar-refractivity contribution in [2.45, 2.75) is 0 Å². The normalized spacial score (nSPS) is 11.5. The molecular weight excluding hydrogens is 544 g/mol. The second-order valence-corrected chi connectivity index (χ2v) is 10.1. The number of rotatable bonds is 5. The minimum atomic E-state index is 0.606. The van der Waals surface area contributed by atoms with Crippen LogP contribution in [0.4, 0.5) is 0 Å². The molecule has 0 fully saturated rings. The van der Waals surface area contributed by atoms with E-state index >= 15 is 0 Å². The minimum Gasteiger partial charge on any atom is -0.495 e. The molecule has 6 aromatic rings. The SMILES string of the molecule is COc1ccc(-c2ccc(C=Cc3ccc(-c4cc5c(ccc6ccccc65)o4)c(Br)c3)cc2)cc1Cl. The zero-order valence-corrected chi connectivity index (χ0v) is 22.4. The van der Waals surface area contributed by atoms with E-state index in [0.29, 0.717) is 10.8 Å². The first kappa shape index (κ1) is 23.6. The van der Waals surface area contributed by atoms with Crippen molar-refractivity contribution in [3.05, 3.63) is 124 Å². The first-order chi connectivity index (χ1) is 18.1. The highest BCUT2D eigenvalue weighted by atomic mass is 79.9. The largest absolute Gasteiger partial charge is 0.495 e. The summed E-state index contributed by atoms with van der Waals surface area (Å²) >= 11 is 10.0. The van der Waals surface area contributed by atoms with Gasteiger partial charge >= 0.3 is 0 Å². The van der Waals surface area contributed by atoms with Crippen LogP contribution in [0, 0.1) is 0 Å². The molecule has 0 bridgehead atoms. The smallest absolute Gasteiger partial charge is 0.137 e. The van der Waals surface area contributed by atoms with Crippen LogP contribution in [0.2, 0.25) is 5.02 Å². The van der Waals surface area contributed by atoms with E-state index in [1.807, 2.05) is 24.3 Å². The predicted molar refractivity (Wildman–Crippen MR) is 159 cm³/mol. The lowest BCUT2D eigenvalue weighted by atomic mass is 10.0.